The van der Waals surface area contributed by atoms with Gasteiger partial charge in [-0.15, -0.1) is 0 Å². The Balaban J connectivity index is 3.43. The van der Waals surface area contributed by atoms with Crippen LogP contribution in [0.25, 0.3) is 0 Å². The van der Waals surface area contributed by atoms with Crippen molar-refractivity contribution in [2.24, 2.45) is 0 Å². The summed E-state index contributed by atoms with van der Waals surface area (Å²) < 4.78 is 70.1. The topological polar surface area (TPSA) is 32.3 Å². The van der Waals surface area contributed by atoms with E-state index in [4.69, 9.17) is 11.0 Å². The molecule has 48 valence electrons. The predicted molar refractivity (Wildman–Crippen MR) is 28.1 cm³/mol. The van der Waals surface area contributed by atoms with Gasteiger partial charge in [0, 0.05) is 21.1 Å². The molecule has 0 radical (unpaired) electrons. The van der Waals surface area contributed by atoms with E-state index in [1.54, 1.807) is 0 Å². The Hall–Kier alpha value is -0.150. The van der Waals surface area contributed by atoms with Gasteiger partial charge in [0.1, 0.15) is 0 Å². The SMILES string of the molecule is [2H]C1([2H])NC([2H])(F)C([2H])([2H])C([2H])(O)C1([2H])[2H]. The van der Waals surface area contributed by atoms with E-state index in [-0.39, 0.29) is 0 Å². The molecule has 2 atom stereocenters. The summed E-state index contributed by atoms with van der Waals surface area (Å²) in [5.74, 6) is 0. The Morgan fingerprint density at radius 3 is 3.50 bits per heavy atom. The number of hydrogen-bond donors (Lipinski definition) is 2. The Labute approximate surface area is 58.9 Å². The van der Waals surface area contributed by atoms with Gasteiger partial charge in [-0.3, -0.25) is 5.32 Å². The molecule has 1 aliphatic heterocycles. The first kappa shape index (κ1) is 1.47. The molecular formula is C5H10FNO. The van der Waals surface area contributed by atoms with Crippen LogP contribution in [0.2, 0.25) is 0 Å². The van der Waals surface area contributed by atoms with Gasteiger partial charge >= 0.3 is 0 Å². The van der Waals surface area contributed by atoms with E-state index in [2.05, 4.69) is 0 Å². The van der Waals surface area contributed by atoms with Crippen LogP contribution in [0.5, 0.6) is 0 Å². The lowest BCUT2D eigenvalue weighted by molar-refractivity contribution is 0.0759. The van der Waals surface area contributed by atoms with Gasteiger partial charge in [-0.2, -0.15) is 0 Å². The third-order valence-corrected chi connectivity index (χ3v) is 0.581. The van der Waals surface area contributed by atoms with Crippen molar-refractivity contribution in [1.29, 1.82) is 0 Å². The zero-order valence-electron chi connectivity index (χ0n) is 11.8. The minimum Gasteiger partial charge on any atom is -0.393 e. The number of hydrogen-bond acceptors (Lipinski definition) is 2. The predicted octanol–water partition coefficient (Wildman–Crippen LogP) is 0.0263. The average Bonchev–Trinajstić information content (AvgIpc) is 1.98. The van der Waals surface area contributed by atoms with E-state index in [0.29, 0.717) is 0 Å². The quantitative estimate of drug-likeness (QED) is 0.450. The lowest BCUT2D eigenvalue weighted by atomic mass is 10.1. The van der Waals surface area contributed by atoms with Crippen molar-refractivity contribution in [3.63, 3.8) is 0 Å². The summed E-state index contributed by atoms with van der Waals surface area (Å²) in [7, 11) is 0. The molecule has 1 rings (SSSR count). The fourth-order valence-electron chi connectivity index (χ4n) is 0.312. The largest absolute Gasteiger partial charge is 0.393 e. The normalized spacial score (nSPS) is 91.8. The Bertz CT molecular complexity index is 288. The van der Waals surface area contributed by atoms with Crippen LogP contribution in [0.4, 0.5) is 4.39 Å². The first-order chi connectivity index (χ1) is 6.71. The Morgan fingerprint density at radius 1 is 2.00 bits per heavy atom. The highest BCUT2D eigenvalue weighted by Gasteiger charge is 2.17. The van der Waals surface area contributed by atoms with Gasteiger partial charge in [-0.1, -0.05) is 0 Å². The zero-order valence-corrected chi connectivity index (χ0v) is 3.83. The van der Waals surface area contributed by atoms with Crippen LogP contribution in [-0.2, 0) is 0 Å². The molecular weight excluding hydrogens is 109 g/mol. The number of aliphatic hydroxyl groups is 1. The summed E-state index contributed by atoms with van der Waals surface area (Å²) in [5, 5.41) is 10.5. The number of halogens is 1. The molecule has 0 spiro atoms. The van der Waals surface area contributed by atoms with Gasteiger partial charge in [-0.05, 0) is 6.37 Å². The van der Waals surface area contributed by atoms with E-state index >= 15 is 0 Å². The number of piperidine rings is 1. The lowest BCUT2D eigenvalue weighted by Gasteiger charge is -2.20. The smallest absolute Gasteiger partial charge is 0.153 e. The van der Waals surface area contributed by atoms with Crippen LogP contribution in [0.15, 0.2) is 0 Å². The van der Waals surface area contributed by atoms with Crippen LogP contribution >= 0.6 is 0 Å². The molecule has 2 N–H and O–H groups in total. The van der Waals surface area contributed by atoms with Crippen LogP contribution < -0.4 is 5.32 Å². The monoisotopic (exact) mass is 127 g/mol. The first-order valence-electron chi connectivity index (χ1n) is 5.91. The van der Waals surface area contributed by atoms with Gasteiger partial charge in [0.15, 0.2) is 6.27 Å². The minimum atomic E-state index is -3.82. The van der Waals surface area contributed by atoms with E-state index in [0.717, 1.165) is 0 Å². The Morgan fingerprint density at radius 2 is 2.75 bits per heavy atom. The standard InChI is InChI=1S/C5H10FNO/c6-5-3-4(8)1-2-7-5/h4-5,7-8H,1-3H2/i1D2,2D2,3D2,4D,5D. The van der Waals surface area contributed by atoms with Gasteiger partial charge < -0.3 is 5.11 Å². The van der Waals surface area contributed by atoms with Crippen molar-refractivity contribution in [2.45, 2.75) is 25.1 Å². The van der Waals surface area contributed by atoms with Crippen molar-refractivity contribution < 1.29 is 20.5 Å². The molecule has 0 aliphatic carbocycles. The molecule has 8 heavy (non-hydrogen) atoms. The molecule has 0 aromatic rings. The molecule has 0 aromatic heterocycles. The Kier molecular flexibility index (Phi) is 0.443. The summed E-state index contributed by atoms with van der Waals surface area (Å²) in [6.45, 7) is -3.26. The molecule has 1 heterocycles. The minimum absolute atomic E-state index is 1.17. The third-order valence-electron chi connectivity index (χ3n) is 0.581. The van der Waals surface area contributed by atoms with E-state index in [1.165, 1.54) is 5.32 Å². The maximum atomic E-state index is 13.5. The van der Waals surface area contributed by atoms with E-state index in [9.17, 15) is 9.50 Å². The van der Waals surface area contributed by atoms with Gasteiger partial charge in [0.2, 0.25) is 0 Å². The van der Waals surface area contributed by atoms with E-state index in [1.807, 2.05) is 0 Å². The van der Waals surface area contributed by atoms with E-state index < -0.39 is 31.6 Å². The zero-order chi connectivity index (χ0) is 13.2. The van der Waals surface area contributed by atoms with Crippen molar-refractivity contribution in [1.82, 2.24) is 5.32 Å². The number of alkyl halides is 1. The van der Waals surface area contributed by atoms with Crippen molar-refractivity contribution >= 4 is 0 Å². The van der Waals surface area contributed by atoms with Crippen LogP contribution in [0, 0.1) is 0 Å². The second-order valence-corrected chi connectivity index (χ2v) is 1.16. The van der Waals surface area contributed by atoms with Crippen molar-refractivity contribution in [2.75, 3.05) is 6.50 Å². The maximum absolute atomic E-state index is 13.5. The summed E-state index contributed by atoms with van der Waals surface area (Å²) in [6, 6.07) is 0. The number of rotatable bonds is 0. The highest BCUT2D eigenvalue weighted by Crippen LogP contribution is 2.07. The van der Waals surface area contributed by atoms with Crippen molar-refractivity contribution in [3.8, 4) is 0 Å². The number of nitrogens with one attached hydrogen (secondary N) is 1. The summed E-state index contributed by atoms with van der Waals surface area (Å²) in [6.07, 6.45) is -14.6. The molecule has 0 aromatic carbocycles. The fraction of sp³-hybridized carbons (Fsp3) is 1.00. The molecule has 1 fully saturated rings. The average molecular weight is 127 g/mol. The summed E-state index contributed by atoms with van der Waals surface area (Å²) in [4.78, 5) is 0. The van der Waals surface area contributed by atoms with Crippen LogP contribution in [0.1, 0.15) is 23.7 Å². The molecule has 3 heteroatoms. The second-order valence-electron chi connectivity index (χ2n) is 1.16. The van der Waals surface area contributed by atoms with Gasteiger partial charge in [-0.25, -0.2) is 4.39 Å². The molecule has 1 aliphatic rings. The highest BCUT2D eigenvalue weighted by molar-refractivity contribution is 4.69. The molecule has 0 amide bonds. The molecule has 2 nitrogen and oxygen atoms in total. The fourth-order valence-corrected chi connectivity index (χ4v) is 0.312. The molecule has 0 saturated carbocycles. The molecule has 1 saturated heterocycles. The van der Waals surface area contributed by atoms with Crippen LogP contribution in [-0.4, -0.2) is 24.0 Å². The maximum Gasteiger partial charge on any atom is 0.153 e. The lowest BCUT2D eigenvalue weighted by Crippen LogP contribution is -2.37. The van der Waals surface area contributed by atoms with Crippen molar-refractivity contribution in [3.05, 3.63) is 0 Å². The summed E-state index contributed by atoms with van der Waals surface area (Å²) >= 11 is 0. The highest BCUT2D eigenvalue weighted by atomic mass is 19.1. The first-order valence-corrected chi connectivity index (χ1v) is 1.91. The van der Waals surface area contributed by atoms with Gasteiger partial charge in [0.25, 0.3) is 0 Å². The molecule has 0 bridgehead atoms. The third kappa shape index (κ3) is 1.42. The molecule has 2 unspecified atom stereocenters. The van der Waals surface area contributed by atoms with Gasteiger partial charge in [0.05, 0.1) is 8.82 Å². The summed E-state index contributed by atoms with van der Waals surface area (Å²) in [5.41, 5.74) is 0. The second kappa shape index (κ2) is 2.42. The van der Waals surface area contributed by atoms with Crippen LogP contribution in [0.3, 0.4) is 0 Å².